The summed E-state index contributed by atoms with van der Waals surface area (Å²) in [4.78, 5) is 18.8. The molecule has 3 rings (SSSR count). The van der Waals surface area contributed by atoms with E-state index in [4.69, 9.17) is 0 Å². The van der Waals surface area contributed by atoms with Crippen molar-refractivity contribution in [1.82, 2.24) is 15.6 Å². The van der Waals surface area contributed by atoms with E-state index in [0.29, 0.717) is 19.5 Å². The number of benzene rings is 1. The fourth-order valence-corrected chi connectivity index (χ4v) is 2.83. The Morgan fingerprint density at radius 3 is 2.91 bits per heavy atom. The number of hydrogen-bond acceptors (Lipinski definition) is 5. The van der Waals surface area contributed by atoms with E-state index in [-0.39, 0.29) is 11.9 Å². The fraction of sp³-hybridized carbons (Fsp3) is 0.412. The van der Waals surface area contributed by atoms with Gasteiger partial charge < -0.3 is 20.6 Å². The van der Waals surface area contributed by atoms with Crippen LogP contribution < -0.4 is 15.5 Å². The second-order valence-corrected chi connectivity index (χ2v) is 6.12. The zero-order valence-electron chi connectivity index (χ0n) is 13.4. The van der Waals surface area contributed by atoms with Crippen molar-refractivity contribution < 1.29 is 9.90 Å². The molecule has 1 aliphatic rings. The van der Waals surface area contributed by atoms with Gasteiger partial charge in [0.15, 0.2) is 0 Å². The van der Waals surface area contributed by atoms with Crippen molar-refractivity contribution in [2.45, 2.75) is 25.1 Å². The summed E-state index contributed by atoms with van der Waals surface area (Å²) in [7, 11) is 3.90. The van der Waals surface area contributed by atoms with Crippen LogP contribution in [0.15, 0.2) is 30.3 Å². The molecule has 0 aliphatic carbocycles. The molecular formula is C17H22N4O2. The third kappa shape index (κ3) is 3.43. The molecule has 1 amide bonds. The van der Waals surface area contributed by atoms with Crippen LogP contribution in [0.3, 0.4) is 0 Å². The lowest BCUT2D eigenvalue weighted by Crippen LogP contribution is -2.40. The largest absolute Gasteiger partial charge is 0.392 e. The lowest BCUT2D eigenvalue weighted by atomic mass is 10.1. The summed E-state index contributed by atoms with van der Waals surface area (Å²) in [6.07, 6.45) is 0.0270. The Hall–Kier alpha value is -2.18. The maximum absolute atomic E-state index is 12.2. The van der Waals surface area contributed by atoms with Crippen molar-refractivity contribution in [3.63, 3.8) is 0 Å². The monoisotopic (exact) mass is 314 g/mol. The van der Waals surface area contributed by atoms with Crippen molar-refractivity contribution in [3.8, 4) is 0 Å². The average Bonchev–Trinajstić information content (AvgIpc) is 2.98. The van der Waals surface area contributed by atoms with Crippen LogP contribution in [0, 0.1) is 0 Å². The van der Waals surface area contributed by atoms with Gasteiger partial charge in [-0.25, -0.2) is 4.98 Å². The van der Waals surface area contributed by atoms with E-state index < -0.39 is 6.10 Å². The standard InChI is InChI=1S/C17H22N4O2/c1-21(2)16-7-11(13-5-3-4-6-14(13)20-16)9-19-17(23)15-8-12(22)10-18-15/h3-7,12,15,18,22H,8-10H2,1-2H3,(H,19,23). The molecule has 0 spiro atoms. The quantitative estimate of drug-likeness (QED) is 0.772. The predicted molar refractivity (Wildman–Crippen MR) is 90.3 cm³/mol. The van der Waals surface area contributed by atoms with Crippen molar-refractivity contribution in [2.75, 3.05) is 25.5 Å². The van der Waals surface area contributed by atoms with Gasteiger partial charge in [-0.05, 0) is 24.1 Å². The zero-order chi connectivity index (χ0) is 16.4. The summed E-state index contributed by atoms with van der Waals surface area (Å²) in [5.74, 6) is 0.788. The summed E-state index contributed by atoms with van der Waals surface area (Å²) in [5.41, 5.74) is 1.95. The molecule has 122 valence electrons. The SMILES string of the molecule is CN(C)c1cc(CNC(=O)C2CC(O)CN2)c2ccccc2n1. The van der Waals surface area contributed by atoms with Gasteiger partial charge in [-0.15, -0.1) is 0 Å². The number of carbonyl (C=O) groups is 1. The molecule has 23 heavy (non-hydrogen) atoms. The average molecular weight is 314 g/mol. The van der Waals surface area contributed by atoms with Gasteiger partial charge in [-0.3, -0.25) is 4.79 Å². The Kier molecular flexibility index (Phi) is 4.45. The van der Waals surface area contributed by atoms with Crippen molar-refractivity contribution in [1.29, 1.82) is 0 Å². The Labute approximate surface area is 135 Å². The minimum atomic E-state index is -0.437. The fourth-order valence-electron chi connectivity index (χ4n) is 2.83. The van der Waals surface area contributed by atoms with Crippen LogP contribution in [0.2, 0.25) is 0 Å². The van der Waals surface area contributed by atoms with Crippen LogP contribution in [0.25, 0.3) is 10.9 Å². The number of hydrogen-bond donors (Lipinski definition) is 3. The maximum atomic E-state index is 12.2. The van der Waals surface area contributed by atoms with E-state index in [1.807, 2.05) is 49.3 Å². The number of anilines is 1. The highest BCUT2D eigenvalue weighted by atomic mass is 16.3. The Morgan fingerprint density at radius 2 is 2.22 bits per heavy atom. The van der Waals surface area contributed by atoms with E-state index >= 15 is 0 Å². The third-order valence-electron chi connectivity index (χ3n) is 4.12. The minimum absolute atomic E-state index is 0.0751. The molecule has 0 radical (unpaired) electrons. The highest BCUT2D eigenvalue weighted by Crippen LogP contribution is 2.22. The molecule has 6 nitrogen and oxygen atoms in total. The van der Waals surface area contributed by atoms with E-state index in [9.17, 15) is 9.90 Å². The van der Waals surface area contributed by atoms with Gasteiger partial charge in [0.1, 0.15) is 5.82 Å². The van der Waals surface area contributed by atoms with Gasteiger partial charge in [0.2, 0.25) is 5.91 Å². The van der Waals surface area contributed by atoms with Gasteiger partial charge >= 0.3 is 0 Å². The third-order valence-corrected chi connectivity index (χ3v) is 4.12. The minimum Gasteiger partial charge on any atom is -0.392 e. The normalized spacial score (nSPS) is 20.7. The predicted octanol–water partition coefficient (Wildman–Crippen LogP) is 0.640. The molecule has 1 aliphatic heterocycles. The number of para-hydroxylation sites is 1. The Balaban J connectivity index is 1.80. The number of rotatable bonds is 4. The number of aromatic nitrogens is 1. The first kappa shape index (κ1) is 15.7. The van der Waals surface area contributed by atoms with Gasteiger partial charge in [-0.1, -0.05) is 18.2 Å². The van der Waals surface area contributed by atoms with Crippen LogP contribution in [-0.2, 0) is 11.3 Å². The number of carbonyl (C=O) groups excluding carboxylic acids is 1. The van der Waals surface area contributed by atoms with E-state index in [1.165, 1.54) is 0 Å². The zero-order valence-corrected chi connectivity index (χ0v) is 13.4. The maximum Gasteiger partial charge on any atom is 0.237 e. The summed E-state index contributed by atoms with van der Waals surface area (Å²) < 4.78 is 0. The van der Waals surface area contributed by atoms with Gasteiger partial charge in [-0.2, -0.15) is 0 Å². The smallest absolute Gasteiger partial charge is 0.237 e. The molecule has 2 unspecified atom stereocenters. The summed E-state index contributed by atoms with van der Waals surface area (Å²) in [6.45, 7) is 0.915. The number of nitrogens with one attached hydrogen (secondary N) is 2. The van der Waals surface area contributed by atoms with E-state index in [0.717, 1.165) is 22.3 Å². The molecule has 1 fully saturated rings. The van der Waals surface area contributed by atoms with Gasteiger partial charge in [0, 0.05) is 32.6 Å². The summed E-state index contributed by atoms with van der Waals surface area (Å²) in [6, 6.07) is 9.61. The molecule has 1 aromatic heterocycles. The number of fused-ring (bicyclic) bond motifs is 1. The first-order valence-electron chi connectivity index (χ1n) is 7.80. The number of β-amino-alcohol motifs (C(OH)–C–C–N with tert-alkyl or cyclic N) is 1. The number of pyridine rings is 1. The second kappa shape index (κ2) is 6.52. The van der Waals surface area contributed by atoms with Crippen molar-refractivity contribution in [3.05, 3.63) is 35.9 Å². The molecule has 2 atom stereocenters. The van der Waals surface area contributed by atoms with Crippen molar-refractivity contribution >= 4 is 22.6 Å². The van der Waals surface area contributed by atoms with Crippen molar-refractivity contribution in [2.24, 2.45) is 0 Å². The van der Waals surface area contributed by atoms with Crippen LogP contribution in [0.1, 0.15) is 12.0 Å². The van der Waals surface area contributed by atoms with Crippen LogP contribution in [0.4, 0.5) is 5.82 Å². The van der Waals surface area contributed by atoms with E-state index in [2.05, 4.69) is 15.6 Å². The molecule has 0 saturated carbocycles. The van der Waals surface area contributed by atoms with Crippen LogP contribution in [-0.4, -0.2) is 48.8 Å². The lowest BCUT2D eigenvalue weighted by molar-refractivity contribution is -0.123. The topological polar surface area (TPSA) is 77.5 Å². The van der Waals surface area contributed by atoms with E-state index in [1.54, 1.807) is 0 Å². The molecule has 6 heteroatoms. The molecule has 2 aromatic rings. The van der Waals surface area contributed by atoms with Gasteiger partial charge in [0.05, 0.1) is 17.7 Å². The number of amides is 1. The number of aliphatic hydroxyl groups excluding tert-OH is 1. The molecule has 0 bridgehead atoms. The Morgan fingerprint density at radius 1 is 1.43 bits per heavy atom. The van der Waals surface area contributed by atoms with Gasteiger partial charge in [0.25, 0.3) is 0 Å². The lowest BCUT2D eigenvalue weighted by Gasteiger charge is -2.16. The first-order chi connectivity index (χ1) is 11.0. The number of nitrogens with zero attached hydrogens (tertiary/aromatic N) is 2. The number of aliphatic hydroxyl groups is 1. The second-order valence-electron chi connectivity index (χ2n) is 6.12. The summed E-state index contributed by atoms with van der Waals surface area (Å²) >= 11 is 0. The highest BCUT2D eigenvalue weighted by Gasteiger charge is 2.27. The molecule has 2 heterocycles. The Bertz CT molecular complexity index is 717. The molecular weight excluding hydrogens is 292 g/mol. The molecule has 1 saturated heterocycles. The molecule has 1 aromatic carbocycles. The highest BCUT2D eigenvalue weighted by molar-refractivity contribution is 5.86. The summed E-state index contributed by atoms with van der Waals surface area (Å²) in [5, 5.41) is 16.5. The first-order valence-corrected chi connectivity index (χ1v) is 7.80. The van der Waals surface area contributed by atoms with Crippen LogP contribution in [0.5, 0.6) is 0 Å². The van der Waals surface area contributed by atoms with Crippen LogP contribution >= 0.6 is 0 Å². The molecule has 3 N–H and O–H groups in total.